The van der Waals surface area contributed by atoms with Gasteiger partial charge in [0.05, 0.1) is 7.11 Å². The third kappa shape index (κ3) is 7.39. The van der Waals surface area contributed by atoms with Crippen LogP contribution in [0.15, 0.2) is 105 Å². The van der Waals surface area contributed by atoms with E-state index in [1.54, 1.807) is 44.5 Å². The van der Waals surface area contributed by atoms with E-state index in [9.17, 15) is 4.79 Å². The highest BCUT2D eigenvalue weighted by molar-refractivity contribution is 7.99. The van der Waals surface area contributed by atoms with E-state index in [2.05, 4.69) is 43.0 Å². The van der Waals surface area contributed by atoms with Gasteiger partial charge in [0.1, 0.15) is 24.2 Å². The first kappa shape index (κ1) is 23.8. The number of carbonyl (C=O) groups excluding carboxylic acids is 1. The Labute approximate surface area is 198 Å². The Morgan fingerprint density at radius 3 is 1.62 bits per heavy atom. The van der Waals surface area contributed by atoms with E-state index in [0.29, 0.717) is 12.2 Å². The van der Waals surface area contributed by atoms with Crippen molar-refractivity contribution in [1.29, 1.82) is 0 Å². The van der Waals surface area contributed by atoms with Crippen molar-refractivity contribution in [3.05, 3.63) is 84.9 Å². The second-order valence-corrected chi connectivity index (χ2v) is 9.42. The number of esters is 1. The Kier molecular flexibility index (Phi) is 8.71. The van der Waals surface area contributed by atoms with Crippen molar-refractivity contribution in [3.8, 4) is 11.5 Å². The SMILES string of the molecule is C=C(C)C(=O)OC(C)COc1ccc(Sc2ccc(Sc3ccc(OC)cc3)cc2)cc1. The van der Waals surface area contributed by atoms with Crippen molar-refractivity contribution in [2.24, 2.45) is 0 Å². The molecule has 32 heavy (non-hydrogen) atoms. The molecule has 0 aliphatic carbocycles. The monoisotopic (exact) mass is 466 g/mol. The highest BCUT2D eigenvalue weighted by Gasteiger charge is 2.10. The van der Waals surface area contributed by atoms with Crippen molar-refractivity contribution in [1.82, 2.24) is 0 Å². The van der Waals surface area contributed by atoms with Gasteiger partial charge in [0.2, 0.25) is 0 Å². The molecular weight excluding hydrogens is 440 g/mol. The van der Waals surface area contributed by atoms with Gasteiger partial charge >= 0.3 is 5.97 Å². The molecule has 6 heteroatoms. The Balaban J connectivity index is 1.49. The van der Waals surface area contributed by atoms with E-state index in [-0.39, 0.29) is 6.10 Å². The molecule has 3 rings (SSSR count). The summed E-state index contributed by atoms with van der Waals surface area (Å²) in [6.45, 7) is 7.29. The highest BCUT2D eigenvalue weighted by Crippen LogP contribution is 2.33. The van der Waals surface area contributed by atoms with Gasteiger partial charge in [-0.2, -0.15) is 0 Å². The molecule has 0 saturated carbocycles. The zero-order chi connectivity index (χ0) is 22.9. The molecule has 0 spiro atoms. The first-order chi connectivity index (χ1) is 15.4. The number of methoxy groups -OCH3 is 1. The summed E-state index contributed by atoms with van der Waals surface area (Å²) in [5.74, 6) is 1.19. The molecule has 0 bridgehead atoms. The molecular formula is C26H26O4S2. The molecule has 3 aromatic carbocycles. The second-order valence-electron chi connectivity index (χ2n) is 7.13. The fourth-order valence-corrected chi connectivity index (χ4v) is 4.26. The fourth-order valence-electron chi connectivity index (χ4n) is 2.63. The van der Waals surface area contributed by atoms with Gasteiger partial charge in [0, 0.05) is 25.2 Å². The van der Waals surface area contributed by atoms with E-state index < -0.39 is 5.97 Å². The molecule has 166 valence electrons. The maximum atomic E-state index is 11.5. The standard InChI is InChI=1S/C26H26O4S2/c1-18(2)26(27)30-19(3)17-29-21-7-11-23(12-8-21)32-25-15-13-24(14-16-25)31-22-9-5-20(28-4)6-10-22/h5-16,19H,1,17H2,2-4H3. The van der Waals surface area contributed by atoms with E-state index in [1.165, 1.54) is 9.79 Å². The molecule has 0 radical (unpaired) electrons. The lowest BCUT2D eigenvalue weighted by atomic mass is 10.3. The van der Waals surface area contributed by atoms with Crippen LogP contribution in [0.3, 0.4) is 0 Å². The maximum absolute atomic E-state index is 11.5. The van der Waals surface area contributed by atoms with Crippen molar-refractivity contribution in [2.75, 3.05) is 13.7 Å². The van der Waals surface area contributed by atoms with Crippen molar-refractivity contribution in [3.63, 3.8) is 0 Å². The van der Waals surface area contributed by atoms with Crippen molar-refractivity contribution < 1.29 is 19.0 Å². The average Bonchev–Trinajstić information content (AvgIpc) is 2.80. The number of carbonyl (C=O) groups is 1. The zero-order valence-corrected chi connectivity index (χ0v) is 20.0. The summed E-state index contributed by atoms with van der Waals surface area (Å²) in [7, 11) is 1.67. The molecule has 0 aromatic heterocycles. The van der Waals surface area contributed by atoms with Crippen LogP contribution >= 0.6 is 23.5 Å². The van der Waals surface area contributed by atoms with Crippen LogP contribution < -0.4 is 9.47 Å². The number of rotatable bonds is 10. The zero-order valence-electron chi connectivity index (χ0n) is 18.4. The summed E-state index contributed by atoms with van der Waals surface area (Å²) in [6, 6.07) is 24.4. The molecule has 0 fully saturated rings. The van der Waals surface area contributed by atoms with Gasteiger partial charge in [-0.3, -0.25) is 0 Å². The minimum atomic E-state index is -0.402. The van der Waals surface area contributed by atoms with Crippen LogP contribution in [0.2, 0.25) is 0 Å². The van der Waals surface area contributed by atoms with Gasteiger partial charge in [0.25, 0.3) is 0 Å². The van der Waals surface area contributed by atoms with Crippen LogP contribution in [0.1, 0.15) is 13.8 Å². The highest BCUT2D eigenvalue weighted by atomic mass is 32.2. The topological polar surface area (TPSA) is 44.8 Å². The number of ether oxygens (including phenoxy) is 3. The van der Waals surface area contributed by atoms with Crippen LogP contribution in [0.4, 0.5) is 0 Å². The lowest BCUT2D eigenvalue weighted by molar-refractivity contribution is -0.144. The molecule has 0 N–H and O–H groups in total. The van der Waals surface area contributed by atoms with Crippen molar-refractivity contribution >= 4 is 29.5 Å². The normalized spacial score (nSPS) is 11.5. The summed E-state index contributed by atoms with van der Waals surface area (Å²) >= 11 is 3.41. The molecule has 0 heterocycles. The number of hydrogen-bond donors (Lipinski definition) is 0. The van der Waals surface area contributed by atoms with Crippen LogP contribution in [0.25, 0.3) is 0 Å². The average molecular weight is 467 g/mol. The predicted molar refractivity (Wildman–Crippen MR) is 130 cm³/mol. The van der Waals surface area contributed by atoms with E-state index in [0.717, 1.165) is 21.3 Å². The first-order valence-corrected chi connectivity index (χ1v) is 11.8. The molecule has 1 unspecified atom stereocenters. The third-order valence-electron chi connectivity index (χ3n) is 4.32. The minimum Gasteiger partial charge on any atom is -0.497 e. The molecule has 0 amide bonds. The molecule has 0 saturated heterocycles. The number of hydrogen-bond acceptors (Lipinski definition) is 6. The molecule has 1 atom stereocenters. The largest absolute Gasteiger partial charge is 0.497 e. The second kappa shape index (κ2) is 11.7. The van der Waals surface area contributed by atoms with Crippen molar-refractivity contribution in [2.45, 2.75) is 39.5 Å². The Hall–Kier alpha value is -2.83. The summed E-state index contributed by atoms with van der Waals surface area (Å²) in [5.41, 5.74) is 0.380. The van der Waals surface area contributed by atoms with Crippen LogP contribution in [0, 0.1) is 0 Å². The van der Waals surface area contributed by atoms with Crippen LogP contribution in [-0.2, 0) is 9.53 Å². The van der Waals surface area contributed by atoms with Gasteiger partial charge in [-0.15, -0.1) is 0 Å². The van der Waals surface area contributed by atoms with Gasteiger partial charge in [-0.25, -0.2) is 4.79 Å². The smallest absolute Gasteiger partial charge is 0.333 e. The fraction of sp³-hybridized carbons (Fsp3) is 0.192. The summed E-state index contributed by atoms with van der Waals surface area (Å²) in [6.07, 6.45) is -0.345. The first-order valence-electron chi connectivity index (χ1n) is 10.1. The van der Waals surface area contributed by atoms with E-state index in [4.69, 9.17) is 14.2 Å². The number of benzene rings is 3. The van der Waals surface area contributed by atoms with Gasteiger partial charge in [-0.1, -0.05) is 30.1 Å². The molecule has 3 aromatic rings. The Bertz CT molecular complexity index is 1030. The van der Waals surface area contributed by atoms with E-state index in [1.807, 2.05) is 36.4 Å². The molecule has 0 aliphatic rings. The molecule has 4 nitrogen and oxygen atoms in total. The van der Waals surface area contributed by atoms with Gasteiger partial charge < -0.3 is 14.2 Å². The van der Waals surface area contributed by atoms with Crippen LogP contribution in [0.5, 0.6) is 11.5 Å². The summed E-state index contributed by atoms with van der Waals surface area (Å²) in [5, 5.41) is 0. The third-order valence-corrected chi connectivity index (χ3v) is 6.35. The molecule has 0 aliphatic heterocycles. The van der Waals surface area contributed by atoms with E-state index >= 15 is 0 Å². The quantitative estimate of drug-likeness (QED) is 0.240. The minimum absolute atomic E-state index is 0.291. The lowest BCUT2D eigenvalue weighted by Crippen LogP contribution is -2.22. The lowest BCUT2D eigenvalue weighted by Gasteiger charge is -2.14. The predicted octanol–water partition coefficient (Wildman–Crippen LogP) is 6.88. The summed E-state index contributed by atoms with van der Waals surface area (Å²) in [4.78, 5) is 16.2. The van der Waals surface area contributed by atoms with Gasteiger partial charge in [-0.05, 0) is 86.6 Å². The van der Waals surface area contributed by atoms with Gasteiger partial charge in [0.15, 0.2) is 0 Å². The maximum Gasteiger partial charge on any atom is 0.333 e. The Morgan fingerprint density at radius 1 is 0.812 bits per heavy atom. The summed E-state index contributed by atoms with van der Waals surface area (Å²) < 4.78 is 16.1. The Morgan fingerprint density at radius 2 is 1.22 bits per heavy atom. The van der Waals surface area contributed by atoms with Crippen LogP contribution in [-0.4, -0.2) is 25.8 Å².